The second-order valence-electron chi connectivity index (χ2n) is 22.4. The summed E-state index contributed by atoms with van der Waals surface area (Å²) < 4.78 is 39.1. The summed E-state index contributed by atoms with van der Waals surface area (Å²) in [6.07, 6.45) is -2.08. The van der Waals surface area contributed by atoms with E-state index in [2.05, 4.69) is 15.5 Å². The van der Waals surface area contributed by atoms with Crippen LogP contribution in [0.4, 0.5) is 9.93 Å². The van der Waals surface area contributed by atoms with Gasteiger partial charge < -0.3 is 53.9 Å². The SMILES string of the molecule is COc1ccc(COc2ccc(C(=O)C(=O)N(CCS[C@]3(C(=O)OC(c4ccccc4)c4ccccc4)CN4C(=O)[C@@H](NC(=O)/C(=N\OC(C)(C)C(=O)OC(C)(C)C)c5csc(N)n5)[C@H]4S3)C(=O)OC(C)(C)C)cc2OCc2ccc(OC)cc2)cc1. The maximum atomic E-state index is 15.3. The van der Waals surface area contributed by atoms with Gasteiger partial charge in [-0.05, 0) is 120 Å². The molecule has 2 saturated heterocycles. The summed E-state index contributed by atoms with van der Waals surface area (Å²) in [6.45, 7) is 12.1. The van der Waals surface area contributed by atoms with Crippen molar-refractivity contribution in [3.05, 3.63) is 166 Å². The molecule has 8 rings (SSSR count). The predicted octanol–water partition coefficient (Wildman–Crippen LogP) is 9.55. The number of aromatic nitrogens is 1. The number of oxime groups is 1. The number of anilines is 1. The summed E-state index contributed by atoms with van der Waals surface area (Å²) >= 11 is 3.02. The van der Waals surface area contributed by atoms with Crippen LogP contribution in [0.3, 0.4) is 0 Å². The fourth-order valence-electron chi connectivity index (χ4n) is 8.64. The summed E-state index contributed by atoms with van der Waals surface area (Å²) in [4.78, 5) is 112. The Labute approximate surface area is 516 Å². The molecule has 4 amide bonds. The highest BCUT2D eigenvalue weighted by atomic mass is 32.2. The lowest BCUT2D eigenvalue weighted by Gasteiger charge is -2.41. The second kappa shape index (κ2) is 27.4. The molecular formula is C63H68N6O15S3. The first-order valence-corrected chi connectivity index (χ1v) is 30.2. The lowest BCUT2D eigenvalue weighted by atomic mass is 10.0. The molecule has 3 N–H and O–H groups in total. The Bertz CT molecular complexity index is 3460. The zero-order valence-electron chi connectivity index (χ0n) is 49.7. The number of esters is 2. The van der Waals surface area contributed by atoms with Crippen LogP contribution in [0.15, 0.2) is 138 Å². The predicted molar refractivity (Wildman–Crippen MR) is 328 cm³/mol. The number of nitrogens with zero attached hydrogens (tertiary/aromatic N) is 4. The van der Waals surface area contributed by atoms with Crippen LogP contribution in [-0.4, -0.2) is 127 Å². The minimum Gasteiger partial charge on any atom is -0.497 e. The molecule has 3 heterocycles. The van der Waals surface area contributed by atoms with E-state index in [1.54, 1.807) is 104 Å². The zero-order chi connectivity index (χ0) is 62.8. The highest BCUT2D eigenvalue weighted by Crippen LogP contribution is 2.54. The maximum absolute atomic E-state index is 15.3. The molecule has 0 bridgehead atoms. The number of amides is 4. The molecule has 6 aromatic rings. The molecule has 0 saturated carbocycles. The maximum Gasteiger partial charge on any atom is 0.417 e. The molecule has 458 valence electrons. The Morgan fingerprint density at radius 2 is 1.33 bits per heavy atom. The van der Waals surface area contributed by atoms with Crippen molar-refractivity contribution in [2.24, 2.45) is 5.16 Å². The largest absolute Gasteiger partial charge is 0.497 e. The molecule has 5 aromatic carbocycles. The first kappa shape index (κ1) is 64.4. The number of nitrogens with two attached hydrogens (primary N) is 1. The first-order valence-electron chi connectivity index (χ1n) is 27.5. The fourth-order valence-corrected chi connectivity index (χ4v) is 12.4. The molecule has 24 heteroatoms. The lowest BCUT2D eigenvalue weighted by Crippen LogP contribution is -2.68. The summed E-state index contributed by atoms with van der Waals surface area (Å²) in [5.74, 6) is -3.87. The van der Waals surface area contributed by atoms with Crippen LogP contribution < -0.4 is 30.0 Å². The van der Waals surface area contributed by atoms with Crippen molar-refractivity contribution in [3.63, 3.8) is 0 Å². The number of fused-ring (bicyclic) bond motifs is 1. The van der Waals surface area contributed by atoms with Crippen molar-refractivity contribution >= 4 is 87.2 Å². The van der Waals surface area contributed by atoms with Crippen molar-refractivity contribution in [2.75, 3.05) is 38.8 Å². The average molecular weight is 1250 g/mol. The second-order valence-corrected chi connectivity index (χ2v) is 26.4. The number of nitrogen functional groups attached to an aromatic ring is 1. The van der Waals surface area contributed by atoms with E-state index in [1.807, 2.05) is 60.7 Å². The number of hydrogen-bond acceptors (Lipinski definition) is 21. The van der Waals surface area contributed by atoms with E-state index >= 15 is 4.79 Å². The van der Waals surface area contributed by atoms with E-state index in [-0.39, 0.29) is 53.4 Å². The topological polar surface area (TPSA) is 263 Å². The molecule has 1 aromatic heterocycles. The van der Waals surface area contributed by atoms with Crippen molar-refractivity contribution in [3.8, 4) is 23.0 Å². The average Bonchev–Trinajstić information content (AvgIpc) is 1.63. The van der Waals surface area contributed by atoms with Gasteiger partial charge in [-0.15, -0.1) is 34.9 Å². The number of β-lactam (4-membered cyclic amide) rings is 1. The smallest absolute Gasteiger partial charge is 0.417 e. The molecule has 0 unspecified atom stereocenters. The summed E-state index contributed by atoms with van der Waals surface area (Å²) in [7, 11) is 3.12. The number of thioether (sulfide) groups is 2. The lowest BCUT2D eigenvalue weighted by molar-refractivity contribution is -0.179. The van der Waals surface area contributed by atoms with Crippen molar-refractivity contribution < 1.29 is 71.6 Å². The van der Waals surface area contributed by atoms with E-state index in [9.17, 15) is 28.8 Å². The van der Waals surface area contributed by atoms with Gasteiger partial charge in [-0.1, -0.05) is 90.1 Å². The summed E-state index contributed by atoms with van der Waals surface area (Å²) in [6, 6.07) is 35.5. The Morgan fingerprint density at radius 3 is 1.86 bits per heavy atom. The van der Waals surface area contributed by atoms with Gasteiger partial charge in [0.1, 0.15) is 53.0 Å². The number of nitrogens with one attached hydrogen (secondary N) is 1. The van der Waals surface area contributed by atoms with E-state index in [0.717, 1.165) is 46.0 Å². The van der Waals surface area contributed by atoms with Gasteiger partial charge in [-0.2, -0.15) is 0 Å². The molecule has 21 nitrogen and oxygen atoms in total. The Kier molecular flexibility index (Phi) is 20.3. The fraction of sp³-hybridized carbons (Fsp3) is 0.349. The standard InChI is InChI=1S/C63H68N6O15S3/c1-60(2,3)82-56(74)62(7,8)84-67-48(45-36-85-58(64)65-45)52(71)66-49-53(72)69-37-63(87-55(49)69,57(75)81-51(40-17-13-11-14-18-40)41-19-15-12-16-20-41)86-32-31-68(59(76)83-61(4,5)6)54(73)50(70)42-25-30-46(79-34-38-21-26-43(77-9)27-22-38)47(33-42)80-35-39-23-28-44(78-10)29-24-39/h11-30,33,36,49,51,55H,31-32,34-35,37H2,1-10H3,(H2,64,65)(H,66,71)/b67-48-/t49-,55-,63-/m1/s1. The Morgan fingerprint density at radius 1 is 0.770 bits per heavy atom. The Balaban J connectivity index is 1.07. The number of ketones is 1. The third-order valence-corrected chi connectivity index (χ3v) is 17.0. The molecule has 2 aliphatic rings. The third-order valence-electron chi connectivity index (χ3n) is 13.1. The molecule has 2 aliphatic heterocycles. The number of ether oxygens (including phenoxy) is 7. The van der Waals surface area contributed by atoms with E-state index in [4.69, 9.17) is 43.7 Å². The quantitative estimate of drug-likeness (QED) is 0.0109. The minimum absolute atomic E-state index is 0.00750. The molecule has 3 atom stereocenters. The van der Waals surface area contributed by atoms with Crippen molar-refractivity contribution in [1.82, 2.24) is 20.1 Å². The first-order chi connectivity index (χ1) is 41.3. The van der Waals surface area contributed by atoms with Crippen LogP contribution in [0.1, 0.15) is 99.8 Å². The number of Topliss-reactive ketones (excluding diaryl/α,β-unsaturated/α-hetero) is 1. The van der Waals surface area contributed by atoms with E-state index in [1.165, 1.54) is 42.3 Å². The van der Waals surface area contributed by atoms with Crippen LogP contribution >= 0.6 is 34.9 Å². The van der Waals surface area contributed by atoms with Gasteiger partial charge in [0.25, 0.3) is 11.7 Å². The third kappa shape index (κ3) is 16.3. The molecular weight excluding hydrogens is 1180 g/mol. The summed E-state index contributed by atoms with van der Waals surface area (Å²) in [5.41, 5.74) is 4.58. The minimum atomic E-state index is -1.69. The van der Waals surface area contributed by atoms with Gasteiger partial charge >= 0.3 is 23.9 Å². The molecule has 0 spiro atoms. The number of imide groups is 1. The van der Waals surface area contributed by atoms with Gasteiger partial charge in [0.2, 0.25) is 11.5 Å². The van der Waals surface area contributed by atoms with Crippen LogP contribution in [0.25, 0.3) is 0 Å². The van der Waals surface area contributed by atoms with Crippen molar-refractivity contribution in [2.45, 2.75) is 107 Å². The van der Waals surface area contributed by atoms with Gasteiger partial charge in [0.05, 0.1) is 20.8 Å². The van der Waals surface area contributed by atoms with Crippen molar-refractivity contribution in [1.29, 1.82) is 0 Å². The van der Waals surface area contributed by atoms with Crippen LogP contribution in [0.2, 0.25) is 0 Å². The number of benzene rings is 5. The highest BCUT2D eigenvalue weighted by Gasteiger charge is 2.63. The van der Waals surface area contributed by atoms with Crippen LogP contribution in [0.5, 0.6) is 23.0 Å². The molecule has 2 fully saturated rings. The van der Waals surface area contributed by atoms with Crippen LogP contribution in [0, 0.1) is 0 Å². The van der Waals surface area contributed by atoms with E-state index in [0.29, 0.717) is 27.5 Å². The number of carbonyl (C=O) groups is 7. The normalized spacial score (nSPS) is 16.6. The number of thiazole rings is 1. The van der Waals surface area contributed by atoms with Gasteiger partial charge in [0.15, 0.2) is 32.5 Å². The van der Waals surface area contributed by atoms with Crippen LogP contribution in [-0.2, 0) is 56.2 Å². The summed E-state index contributed by atoms with van der Waals surface area (Å²) in [5, 5.41) is 7.45. The zero-order valence-corrected chi connectivity index (χ0v) is 52.1. The monoisotopic (exact) mass is 1240 g/mol. The number of rotatable bonds is 24. The molecule has 0 radical (unpaired) electrons. The number of methoxy groups -OCH3 is 2. The van der Waals surface area contributed by atoms with E-state index < -0.39 is 92.2 Å². The van der Waals surface area contributed by atoms with Gasteiger partial charge in [-0.25, -0.2) is 24.3 Å². The van der Waals surface area contributed by atoms with Gasteiger partial charge in [0, 0.05) is 23.2 Å². The highest BCUT2D eigenvalue weighted by molar-refractivity contribution is 8.20. The molecule has 0 aliphatic carbocycles. The Hall–Kier alpha value is -8.61. The molecule has 87 heavy (non-hydrogen) atoms. The number of carbonyl (C=O) groups excluding carboxylic acids is 7. The number of hydrogen-bond donors (Lipinski definition) is 2. The van der Waals surface area contributed by atoms with Gasteiger partial charge in [-0.3, -0.25) is 19.2 Å².